The fourth-order valence-corrected chi connectivity index (χ4v) is 3.27. The minimum Gasteiger partial charge on any atom is -0.491 e. The summed E-state index contributed by atoms with van der Waals surface area (Å²) in [6.45, 7) is 4.82. The molecule has 2 aromatic heterocycles. The molecule has 1 fully saturated rings. The fraction of sp³-hybridized carbons (Fsp3) is 0.273. The summed E-state index contributed by atoms with van der Waals surface area (Å²) in [5.41, 5.74) is 2.03. The second kappa shape index (κ2) is 7.87. The summed E-state index contributed by atoms with van der Waals surface area (Å²) in [6.07, 6.45) is 3.46. The first kappa shape index (κ1) is 18.9. The Kier molecular flexibility index (Phi) is 5.12. The van der Waals surface area contributed by atoms with Crippen LogP contribution in [0.1, 0.15) is 30.2 Å². The van der Waals surface area contributed by atoms with Crippen LogP contribution in [0.4, 0.5) is 0 Å². The van der Waals surface area contributed by atoms with Gasteiger partial charge in [0.1, 0.15) is 5.75 Å². The van der Waals surface area contributed by atoms with E-state index in [1.807, 2.05) is 26.0 Å². The lowest BCUT2D eigenvalue weighted by Gasteiger charge is -2.39. The van der Waals surface area contributed by atoms with Crippen LogP contribution in [0, 0.1) is 0 Å². The van der Waals surface area contributed by atoms with Crippen molar-refractivity contribution in [3.05, 3.63) is 76.8 Å². The molecular formula is C22H22N4O3. The van der Waals surface area contributed by atoms with E-state index in [-0.39, 0.29) is 23.6 Å². The van der Waals surface area contributed by atoms with Gasteiger partial charge in [-0.15, -0.1) is 0 Å². The highest BCUT2D eigenvalue weighted by molar-refractivity contribution is 5.94. The molecule has 4 rings (SSSR count). The third kappa shape index (κ3) is 4.03. The summed E-state index contributed by atoms with van der Waals surface area (Å²) in [5, 5.41) is 4.49. The van der Waals surface area contributed by atoms with Crippen molar-refractivity contribution in [2.75, 3.05) is 13.1 Å². The van der Waals surface area contributed by atoms with Crippen LogP contribution in [0.15, 0.2) is 65.7 Å². The predicted molar refractivity (Wildman–Crippen MR) is 109 cm³/mol. The minimum absolute atomic E-state index is 0.0596. The van der Waals surface area contributed by atoms with Crippen molar-refractivity contribution in [2.24, 2.45) is 0 Å². The highest BCUT2D eigenvalue weighted by Gasteiger charge is 2.33. The lowest BCUT2D eigenvalue weighted by Crippen LogP contribution is -2.53. The zero-order valence-electron chi connectivity index (χ0n) is 16.4. The molecule has 1 amide bonds. The Labute approximate surface area is 168 Å². The Bertz CT molecular complexity index is 1060. The number of benzene rings is 1. The first-order valence-corrected chi connectivity index (χ1v) is 9.57. The quantitative estimate of drug-likeness (QED) is 0.669. The normalized spacial score (nSPS) is 14.0. The van der Waals surface area contributed by atoms with Crippen LogP contribution in [0.2, 0.25) is 0 Å². The summed E-state index contributed by atoms with van der Waals surface area (Å²) in [5.74, 6) is 0.678. The number of amides is 1. The van der Waals surface area contributed by atoms with Crippen LogP contribution in [-0.2, 0) is 0 Å². The maximum atomic E-state index is 12.7. The Morgan fingerprint density at radius 3 is 2.38 bits per heavy atom. The molecule has 3 heterocycles. The monoisotopic (exact) mass is 390 g/mol. The van der Waals surface area contributed by atoms with Crippen molar-refractivity contribution in [2.45, 2.75) is 26.0 Å². The summed E-state index contributed by atoms with van der Waals surface area (Å²) in [7, 11) is 0. The number of ether oxygens (including phenoxy) is 1. The van der Waals surface area contributed by atoms with E-state index >= 15 is 0 Å². The maximum absolute atomic E-state index is 12.7. The van der Waals surface area contributed by atoms with Gasteiger partial charge in [0.15, 0.2) is 0 Å². The number of aromatic nitrogens is 3. The number of pyridine rings is 1. The van der Waals surface area contributed by atoms with E-state index < -0.39 is 0 Å². The molecule has 1 saturated heterocycles. The Morgan fingerprint density at radius 1 is 1.03 bits per heavy atom. The SMILES string of the molecule is CC(C)Oc1ccc(C(=O)N2CC(n3nc(-c4ccncc4)ccc3=O)C2)cc1. The smallest absolute Gasteiger partial charge is 0.267 e. The fourth-order valence-electron chi connectivity index (χ4n) is 3.27. The van der Waals surface area contributed by atoms with Crippen LogP contribution in [0.5, 0.6) is 5.75 Å². The molecule has 0 radical (unpaired) electrons. The summed E-state index contributed by atoms with van der Waals surface area (Å²) in [6, 6.07) is 13.9. The average Bonchev–Trinajstić information content (AvgIpc) is 2.69. The van der Waals surface area contributed by atoms with E-state index in [1.165, 1.54) is 10.7 Å². The topological polar surface area (TPSA) is 77.3 Å². The maximum Gasteiger partial charge on any atom is 0.267 e. The van der Waals surface area contributed by atoms with E-state index in [0.29, 0.717) is 24.3 Å². The second-order valence-electron chi connectivity index (χ2n) is 7.29. The van der Waals surface area contributed by atoms with E-state index in [9.17, 15) is 9.59 Å². The standard InChI is InChI=1S/C22H22N4O3/c1-15(2)29-19-5-3-17(4-6-19)22(28)25-13-18(14-25)26-21(27)8-7-20(24-26)16-9-11-23-12-10-16/h3-12,15,18H,13-14H2,1-2H3. The Balaban J connectivity index is 1.44. The number of hydrogen-bond donors (Lipinski definition) is 0. The largest absolute Gasteiger partial charge is 0.491 e. The molecule has 0 saturated carbocycles. The number of carbonyl (C=O) groups is 1. The van der Waals surface area contributed by atoms with Crippen LogP contribution in [-0.4, -0.2) is 44.8 Å². The van der Waals surface area contributed by atoms with Gasteiger partial charge in [-0.05, 0) is 56.3 Å². The molecule has 1 aliphatic rings. The summed E-state index contributed by atoms with van der Waals surface area (Å²) in [4.78, 5) is 30.7. The van der Waals surface area contributed by atoms with Crippen molar-refractivity contribution in [1.29, 1.82) is 0 Å². The molecule has 0 bridgehead atoms. The highest BCUT2D eigenvalue weighted by Crippen LogP contribution is 2.24. The third-order valence-electron chi connectivity index (χ3n) is 4.77. The van der Waals surface area contributed by atoms with Crippen LogP contribution in [0.3, 0.4) is 0 Å². The first-order valence-electron chi connectivity index (χ1n) is 9.57. The first-order chi connectivity index (χ1) is 14.0. The zero-order chi connectivity index (χ0) is 20.4. The molecule has 0 N–H and O–H groups in total. The molecule has 3 aromatic rings. The zero-order valence-corrected chi connectivity index (χ0v) is 16.4. The number of hydrogen-bond acceptors (Lipinski definition) is 5. The van der Waals surface area contributed by atoms with Crippen molar-refractivity contribution >= 4 is 5.91 Å². The van der Waals surface area contributed by atoms with Gasteiger partial charge in [0, 0.05) is 42.7 Å². The van der Waals surface area contributed by atoms with Gasteiger partial charge in [0.25, 0.3) is 11.5 Å². The number of nitrogens with zero attached hydrogens (tertiary/aromatic N) is 4. The van der Waals surface area contributed by atoms with E-state index in [1.54, 1.807) is 47.6 Å². The molecule has 0 aliphatic carbocycles. The van der Waals surface area contributed by atoms with Crippen LogP contribution in [0.25, 0.3) is 11.3 Å². The van der Waals surface area contributed by atoms with Crippen LogP contribution >= 0.6 is 0 Å². The van der Waals surface area contributed by atoms with Crippen molar-refractivity contribution in [1.82, 2.24) is 19.7 Å². The molecule has 0 atom stereocenters. The van der Waals surface area contributed by atoms with Gasteiger partial charge < -0.3 is 9.64 Å². The van der Waals surface area contributed by atoms with E-state index in [2.05, 4.69) is 10.1 Å². The predicted octanol–water partition coefficient (Wildman–Crippen LogP) is 2.79. The van der Waals surface area contributed by atoms with Crippen LogP contribution < -0.4 is 10.3 Å². The lowest BCUT2D eigenvalue weighted by molar-refractivity contribution is 0.0493. The molecule has 0 spiro atoms. The summed E-state index contributed by atoms with van der Waals surface area (Å²) >= 11 is 0. The van der Waals surface area contributed by atoms with Gasteiger partial charge in [0.05, 0.1) is 17.8 Å². The lowest BCUT2D eigenvalue weighted by atomic mass is 10.1. The van der Waals surface area contributed by atoms with Gasteiger partial charge in [-0.2, -0.15) is 5.10 Å². The molecule has 0 unspecified atom stereocenters. The van der Waals surface area contributed by atoms with Gasteiger partial charge >= 0.3 is 0 Å². The van der Waals surface area contributed by atoms with E-state index in [4.69, 9.17) is 4.74 Å². The molecule has 29 heavy (non-hydrogen) atoms. The number of carbonyl (C=O) groups excluding carboxylic acids is 1. The van der Waals surface area contributed by atoms with Crippen molar-refractivity contribution in [3.8, 4) is 17.0 Å². The van der Waals surface area contributed by atoms with Gasteiger partial charge in [-0.1, -0.05) is 0 Å². The van der Waals surface area contributed by atoms with Gasteiger partial charge in [-0.25, -0.2) is 4.68 Å². The average molecular weight is 390 g/mol. The summed E-state index contributed by atoms with van der Waals surface area (Å²) < 4.78 is 7.08. The second-order valence-corrected chi connectivity index (χ2v) is 7.29. The molecule has 7 heteroatoms. The van der Waals surface area contributed by atoms with Crippen molar-refractivity contribution in [3.63, 3.8) is 0 Å². The Morgan fingerprint density at radius 2 is 1.72 bits per heavy atom. The third-order valence-corrected chi connectivity index (χ3v) is 4.77. The Hall–Kier alpha value is -3.48. The number of rotatable bonds is 5. The van der Waals surface area contributed by atoms with Crippen molar-refractivity contribution < 1.29 is 9.53 Å². The number of likely N-dealkylation sites (tertiary alicyclic amines) is 1. The molecule has 148 valence electrons. The molecule has 1 aromatic carbocycles. The molecule has 1 aliphatic heterocycles. The molecule has 7 nitrogen and oxygen atoms in total. The van der Waals surface area contributed by atoms with Gasteiger partial charge in [0.2, 0.25) is 0 Å². The van der Waals surface area contributed by atoms with E-state index in [0.717, 1.165) is 11.3 Å². The highest BCUT2D eigenvalue weighted by atomic mass is 16.5. The van der Waals surface area contributed by atoms with Gasteiger partial charge in [-0.3, -0.25) is 14.6 Å². The molecular weight excluding hydrogens is 368 g/mol. The minimum atomic E-state index is -0.171.